The maximum absolute atomic E-state index is 11.2. The molecule has 1 rings (SSSR count). The van der Waals surface area contributed by atoms with Crippen molar-refractivity contribution in [3.8, 4) is 0 Å². The third kappa shape index (κ3) is 2.02. The zero-order valence-electron chi connectivity index (χ0n) is 6.45. The number of hydrogen-bond donors (Lipinski definition) is 1. The third-order valence-electron chi connectivity index (χ3n) is 1.86. The maximum atomic E-state index is 11.2. The highest BCUT2D eigenvalue weighted by atomic mass is 32.2. The van der Waals surface area contributed by atoms with Crippen LogP contribution in [-0.2, 0) is 15.6 Å². The molecular formula is C7H12O3S. The van der Waals surface area contributed by atoms with E-state index in [4.69, 9.17) is 5.11 Å². The van der Waals surface area contributed by atoms with Crippen LogP contribution < -0.4 is 0 Å². The zero-order valence-corrected chi connectivity index (χ0v) is 7.26. The lowest BCUT2D eigenvalue weighted by Crippen LogP contribution is -2.28. The molecular weight excluding hydrogens is 164 g/mol. The molecule has 4 heteroatoms. The Morgan fingerprint density at radius 2 is 2.27 bits per heavy atom. The Kier molecular flexibility index (Phi) is 2.65. The van der Waals surface area contributed by atoms with Crippen molar-refractivity contribution >= 4 is 16.8 Å². The molecule has 1 aliphatic rings. The first-order valence-electron chi connectivity index (χ1n) is 3.76. The van der Waals surface area contributed by atoms with Crippen LogP contribution in [0.15, 0.2) is 0 Å². The van der Waals surface area contributed by atoms with Crippen molar-refractivity contribution in [1.82, 2.24) is 0 Å². The number of carboxylic acids is 1. The lowest BCUT2D eigenvalue weighted by atomic mass is 10.3. The highest BCUT2D eigenvalue weighted by molar-refractivity contribution is 7.86. The molecule has 0 heterocycles. The topological polar surface area (TPSA) is 54.4 Å². The summed E-state index contributed by atoms with van der Waals surface area (Å²) >= 11 is 0. The largest absolute Gasteiger partial charge is 0.480 e. The van der Waals surface area contributed by atoms with E-state index < -0.39 is 22.0 Å². The maximum Gasteiger partial charge on any atom is 0.319 e. The number of rotatable bonds is 4. The lowest BCUT2D eigenvalue weighted by molar-refractivity contribution is -0.136. The zero-order chi connectivity index (χ0) is 8.43. The SMILES string of the molecule is CCS(=O)C(C(=O)O)C1CC1. The highest BCUT2D eigenvalue weighted by Crippen LogP contribution is 2.35. The Bertz CT molecular complexity index is 186. The van der Waals surface area contributed by atoms with E-state index in [-0.39, 0.29) is 5.92 Å². The van der Waals surface area contributed by atoms with Crippen molar-refractivity contribution < 1.29 is 14.1 Å². The molecule has 0 aromatic heterocycles. The molecule has 0 amide bonds. The summed E-state index contributed by atoms with van der Waals surface area (Å²) in [7, 11) is -1.16. The van der Waals surface area contributed by atoms with E-state index in [9.17, 15) is 9.00 Å². The van der Waals surface area contributed by atoms with Crippen LogP contribution in [0.4, 0.5) is 0 Å². The minimum absolute atomic E-state index is 0.188. The summed E-state index contributed by atoms with van der Waals surface area (Å²) in [4.78, 5) is 10.6. The molecule has 11 heavy (non-hydrogen) atoms. The van der Waals surface area contributed by atoms with Crippen molar-refractivity contribution in [2.24, 2.45) is 5.92 Å². The van der Waals surface area contributed by atoms with Crippen molar-refractivity contribution in [1.29, 1.82) is 0 Å². The quantitative estimate of drug-likeness (QED) is 0.683. The van der Waals surface area contributed by atoms with Gasteiger partial charge in [0, 0.05) is 16.6 Å². The first-order chi connectivity index (χ1) is 5.16. The van der Waals surface area contributed by atoms with Gasteiger partial charge in [-0.2, -0.15) is 0 Å². The molecule has 2 unspecified atom stereocenters. The van der Waals surface area contributed by atoms with Gasteiger partial charge in [0.1, 0.15) is 5.25 Å². The Hall–Kier alpha value is -0.380. The predicted molar refractivity (Wildman–Crippen MR) is 42.8 cm³/mol. The molecule has 0 bridgehead atoms. The van der Waals surface area contributed by atoms with Crippen LogP contribution in [0.2, 0.25) is 0 Å². The van der Waals surface area contributed by atoms with E-state index in [1.165, 1.54) is 0 Å². The first-order valence-corrected chi connectivity index (χ1v) is 5.15. The third-order valence-corrected chi connectivity index (χ3v) is 3.58. The van der Waals surface area contributed by atoms with Gasteiger partial charge < -0.3 is 5.11 Å². The van der Waals surface area contributed by atoms with Gasteiger partial charge in [0.2, 0.25) is 0 Å². The molecule has 1 N–H and O–H groups in total. The van der Waals surface area contributed by atoms with Crippen LogP contribution in [0.3, 0.4) is 0 Å². The summed E-state index contributed by atoms with van der Waals surface area (Å²) in [5, 5.41) is 8.09. The van der Waals surface area contributed by atoms with E-state index in [0.717, 1.165) is 12.8 Å². The van der Waals surface area contributed by atoms with Crippen LogP contribution in [0.25, 0.3) is 0 Å². The summed E-state index contributed by atoms with van der Waals surface area (Å²) in [5.41, 5.74) is 0. The van der Waals surface area contributed by atoms with Crippen molar-refractivity contribution in [2.45, 2.75) is 25.0 Å². The van der Waals surface area contributed by atoms with Gasteiger partial charge in [-0.1, -0.05) is 6.92 Å². The van der Waals surface area contributed by atoms with Crippen LogP contribution in [0.1, 0.15) is 19.8 Å². The van der Waals surface area contributed by atoms with E-state index >= 15 is 0 Å². The molecule has 0 saturated heterocycles. The summed E-state index contributed by atoms with van der Waals surface area (Å²) in [5.74, 6) is -0.256. The van der Waals surface area contributed by atoms with Gasteiger partial charge in [0.05, 0.1) is 0 Å². The molecule has 0 aromatic rings. The van der Waals surface area contributed by atoms with Crippen molar-refractivity contribution in [3.63, 3.8) is 0 Å². The Labute approximate surface area is 68.3 Å². The van der Waals surface area contributed by atoms with Gasteiger partial charge in [-0.25, -0.2) is 0 Å². The minimum atomic E-state index is -1.16. The van der Waals surface area contributed by atoms with Crippen LogP contribution in [-0.4, -0.2) is 26.3 Å². The van der Waals surface area contributed by atoms with Gasteiger partial charge in [0.25, 0.3) is 0 Å². The second kappa shape index (κ2) is 3.34. The smallest absolute Gasteiger partial charge is 0.319 e. The number of carboxylic acid groups (broad SMARTS) is 1. The molecule has 0 aromatic carbocycles. The monoisotopic (exact) mass is 176 g/mol. The molecule has 2 atom stereocenters. The average Bonchev–Trinajstić information content (AvgIpc) is 2.71. The van der Waals surface area contributed by atoms with E-state index in [2.05, 4.69) is 0 Å². The predicted octanol–water partition coefficient (Wildman–Crippen LogP) is 0.618. The van der Waals surface area contributed by atoms with E-state index in [1.807, 2.05) is 0 Å². The normalized spacial score (nSPS) is 22.6. The first kappa shape index (κ1) is 8.71. The fraction of sp³-hybridized carbons (Fsp3) is 0.857. The highest BCUT2D eigenvalue weighted by Gasteiger charge is 2.39. The Morgan fingerprint density at radius 3 is 2.55 bits per heavy atom. The van der Waals surface area contributed by atoms with Gasteiger partial charge in [0.15, 0.2) is 0 Å². The molecule has 1 aliphatic carbocycles. The standard InChI is InChI=1S/C7H12O3S/c1-2-11(10)6(7(8)9)5-3-4-5/h5-6H,2-4H2,1H3,(H,8,9). The fourth-order valence-corrected chi connectivity index (χ4v) is 2.39. The Morgan fingerprint density at radius 1 is 1.73 bits per heavy atom. The van der Waals surface area contributed by atoms with E-state index in [1.54, 1.807) is 6.92 Å². The molecule has 0 spiro atoms. The molecule has 0 aliphatic heterocycles. The number of hydrogen-bond acceptors (Lipinski definition) is 2. The number of carbonyl (C=O) groups is 1. The minimum Gasteiger partial charge on any atom is -0.480 e. The lowest BCUT2D eigenvalue weighted by Gasteiger charge is -2.07. The summed E-state index contributed by atoms with van der Waals surface area (Å²) in [6.45, 7) is 1.76. The van der Waals surface area contributed by atoms with Crippen LogP contribution in [0, 0.1) is 5.92 Å². The van der Waals surface area contributed by atoms with E-state index in [0.29, 0.717) is 5.75 Å². The summed E-state index contributed by atoms with van der Waals surface area (Å²) in [6, 6.07) is 0. The van der Waals surface area contributed by atoms with Crippen LogP contribution in [0.5, 0.6) is 0 Å². The molecule has 64 valence electrons. The molecule has 3 nitrogen and oxygen atoms in total. The fourth-order valence-electron chi connectivity index (χ4n) is 1.11. The number of aliphatic carboxylic acids is 1. The van der Waals surface area contributed by atoms with Gasteiger partial charge in [-0.15, -0.1) is 0 Å². The second-order valence-electron chi connectivity index (χ2n) is 2.77. The molecule has 0 radical (unpaired) electrons. The second-order valence-corrected chi connectivity index (χ2v) is 4.61. The van der Waals surface area contributed by atoms with Crippen molar-refractivity contribution in [2.75, 3.05) is 5.75 Å². The van der Waals surface area contributed by atoms with Gasteiger partial charge in [-0.05, 0) is 18.8 Å². The molecule has 1 fully saturated rings. The average molecular weight is 176 g/mol. The summed E-state index contributed by atoms with van der Waals surface area (Å²) < 4.78 is 11.2. The van der Waals surface area contributed by atoms with Gasteiger partial charge >= 0.3 is 5.97 Å². The van der Waals surface area contributed by atoms with Gasteiger partial charge in [-0.3, -0.25) is 9.00 Å². The summed E-state index contributed by atoms with van der Waals surface area (Å²) in [6.07, 6.45) is 1.87. The Balaban J connectivity index is 2.58. The molecule has 1 saturated carbocycles. The van der Waals surface area contributed by atoms with Crippen molar-refractivity contribution in [3.05, 3.63) is 0 Å². The van der Waals surface area contributed by atoms with Crippen LogP contribution >= 0.6 is 0 Å².